The van der Waals surface area contributed by atoms with Gasteiger partial charge in [-0.2, -0.15) is 13.2 Å². The van der Waals surface area contributed by atoms with Crippen molar-refractivity contribution in [2.45, 2.75) is 25.4 Å². The molecule has 0 aliphatic carbocycles. The maximum atomic E-state index is 11.9. The van der Waals surface area contributed by atoms with E-state index in [2.05, 4.69) is 5.32 Å². The van der Waals surface area contributed by atoms with Gasteiger partial charge in [0.15, 0.2) is 6.10 Å². The van der Waals surface area contributed by atoms with Gasteiger partial charge in [-0.05, 0) is 12.1 Å². The van der Waals surface area contributed by atoms with Gasteiger partial charge in [-0.25, -0.2) is 0 Å². The Morgan fingerprint density at radius 2 is 1.94 bits per heavy atom. The number of hydrogen-bond donors (Lipinski definition) is 3. The summed E-state index contributed by atoms with van der Waals surface area (Å²) in [6.07, 6.45) is -7.01. The SMILES string of the molecule is OCc1ccc(CNCC(O)C(F)(F)F)o1. The summed E-state index contributed by atoms with van der Waals surface area (Å²) in [5.74, 6) is 0.742. The van der Waals surface area contributed by atoms with Gasteiger partial charge in [0, 0.05) is 6.54 Å². The lowest BCUT2D eigenvalue weighted by molar-refractivity contribution is -0.201. The van der Waals surface area contributed by atoms with Crippen LogP contribution in [0.4, 0.5) is 13.2 Å². The summed E-state index contributed by atoms with van der Waals surface area (Å²) in [6, 6.07) is 3.07. The highest BCUT2D eigenvalue weighted by molar-refractivity contribution is 5.06. The van der Waals surface area contributed by atoms with Gasteiger partial charge in [0.2, 0.25) is 0 Å². The molecule has 7 heteroatoms. The molecule has 4 nitrogen and oxygen atoms in total. The third-order valence-electron chi connectivity index (χ3n) is 1.89. The summed E-state index contributed by atoms with van der Waals surface area (Å²) < 4.78 is 40.7. The van der Waals surface area contributed by atoms with Crippen LogP contribution in [0.25, 0.3) is 0 Å². The fourth-order valence-electron chi connectivity index (χ4n) is 1.05. The summed E-state index contributed by atoms with van der Waals surface area (Å²) in [7, 11) is 0. The van der Waals surface area contributed by atoms with E-state index in [1.807, 2.05) is 0 Å². The smallest absolute Gasteiger partial charge is 0.415 e. The van der Waals surface area contributed by atoms with Crippen LogP contribution in [0.3, 0.4) is 0 Å². The molecule has 1 aromatic heterocycles. The Bertz CT molecular complexity index is 324. The Labute approximate surface area is 89.7 Å². The Balaban J connectivity index is 2.30. The molecule has 1 heterocycles. The largest absolute Gasteiger partial charge is 0.462 e. The van der Waals surface area contributed by atoms with Crippen molar-refractivity contribution in [3.63, 3.8) is 0 Å². The van der Waals surface area contributed by atoms with Crippen molar-refractivity contribution in [2.75, 3.05) is 6.54 Å². The standard InChI is InChI=1S/C9H12F3NO3/c10-9(11,12)8(15)4-13-3-6-1-2-7(5-14)16-6/h1-2,8,13-15H,3-5H2. The van der Waals surface area contributed by atoms with Crippen LogP contribution < -0.4 is 5.32 Å². The first kappa shape index (κ1) is 13.0. The molecule has 1 rings (SSSR count). The van der Waals surface area contributed by atoms with E-state index in [9.17, 15) is 13.2 Å². The van der Waals surface area contributed by atoms with Gasteiger partial charge < -0.3 is 19.9 Å². The summed E-state index contributed by atoms with van der Waals surface area (Å²) in [6.45, 7) is -0.795. The van der Waals surface area contributed by atoms with Crippen LogP contribution in [0.5, 0.6) is 0 Å². The Hall–Kier alpha value is -1.05. The molecule has 0 saturated carbocycles. The topological polar surface area (TPSA) is 65.6 Å². The average molecular weight is 239 g/mol. The van der Waals surface area contributed by atoms with Crippen LogP contribution in [-0.2, 0) is 13.2 Å². The van der Waals surface area contributed by atoms with Gasteiger partial charge in [0.05, 0.1) is 6.54 Å². The van der Waals surface area contributed by atoms with Gasteiger partial charge >= 0.3 is 6.18 Å². The Morgan fingerprint density at radius 3 is 2.44 bits per heavy atom. The van der Waals surface area contributed by atoms with E-state index < -0.39 is 18.8 Å². The van der Waals surface area contributed by atoms with Gasteiger partial charge in [-0.1, -0.05) is 0 Å². The van der Waals surface area contributed by atoms with E-state index in [4.69, 9.17) is 14.6 Å². The number of aliphatic hydroxyl groups is 2. The zero-order valence-corrected chi connectivity index (χ0v) is 8.29. The molecule has 0 aromatic carbocycles. The summed E-state index contributed by atoms with van der Waals surface area (Å²) >= 11 is 0. The normalized spacial score (nSPS) is 14.1. The first-order chi connectivity index (χ1) is 7.43. The van der Waals surface area contributed by atoms with Crippen molar-refractivity contribution in [1.82, 2.24) is 5.32 Å². The molecule has 16 heavy (non-hydrogen) atoms. The molecule has 0 amide bonds. The molecule has 1 unspecified atom stereocenters. The van der Waals surface area contributed by atoms with Crippen molar-refractivity contribution >= 4 is 0 Å². The number of rotatable bonds is 5. The minimum absolute atomic E-state index is 0.0626. The van der Waals surface area contributed by atoms with Crippen molar-refractivity contribution < 1.29 is 27.8 Å². The zero-order chi connectivity index (χ0) is 12.2. The lowest BCUT2D eigenvalue weighted by Gasteiger charge is -2.14. The second kappa shape index (κ2) is 5.33. The fourth-order valence-corrected chi connectivity index (χ4v) is 1.05. The Morgan fingerprint density at radius 1 is 1.31 bits per heavy atom. The summed E-state index contributed by atoms with van der Waals surface area (Å²) in [4.78, 5) is 0. The first-order valence-electron chi connectivity index (χ1n) is 4.57. The molecule has 0 aliphatic heterocycles. The van der Waals surface area contributed by atoms with Crippen LogP contribution in [0.2, 0.25) is 0 Å². The highest BCUT2D eigenvalue weighted by atomic mass is 19.4. The quantitative estimate of drug-likeness (QED) is 0.710. The molecule has 1 atom stereocenters. The molecule has 0 radical (unpaired) electrons. The molecule has 0 spiro atoms. The summed E-state index contributed by atoms with van der Waals surface area (Å²) in [5, 5.41) is 19.7. The third-order valence-corrected chi connectivity index (χ3v) is 1.89. The molecular weight excluding hydrogens is 227 g/mol. The van der Waals surface area contributed by atoms with Crippen LogP contribution >= 0.6 is 0 Å². The third kappa shape index (κ3) is 3.84. The van der Waals surface area contributed by atoms with Gasteiger partial charge in [0.1, 0.15) is 18.1 Å². The van der Waals surface area contributed by atoms with Crippen LogP contribution in [0.15, 0.2) is 16.5 Å². The van der Waals surface area contributed by atoms with Crippen LogP contribution in [-0.4, -0.2) is 29.0 Å². The van der Waals surface area contributed by atoms with Crippen molar-refractivity contribution in [2.24, 2.45) is 0 Å². The van der Waals surface area contributed by atoms with E-state index in [0.717, 1.165) is 0 Å². The molecule has 1 aromatic rings. The average Bonchev–Trinajstić information content (AvgIpc) is 2.64. The van der Waals surface area contributed by atoms with Crippen molar-refractivity contribution in [1.29, 1.82) is 0 Å². The van der Waals surface area contributed by atoms with Gasteiger partial charge in [-0.15, -0.1) is 0 Å². The number of furan rings is 1. The lowest BCUT2D eigenvalue weighted by Crippen LogP contribution is -2.38. The molecule has 3 N–H and O–H groups in total. The van der Waals surface area contributed by atoms with E-state index in [0.29, 0.717) is 11.5 Å². The maximum Gasteiger partial charge on any atom is 0.415 e. The predicted molar refractivity (Wildman–Crippen MR) is 48.4 cm³/mol. The van der Waals surface area contributed by atoms with Crippen LogP contribution in [0.1, 0.15) is 11.5 Å². The molecule has 0 bridgehead atoms. The van der Waals surface area contributed by atoms with Crippen molar-refractivity contribution in [3.05, 3.63) is 23.7 Å². The lowest BCUT2D eigenvalue weighted by atomic mass is 10.3. The van der Waals surface area contributed by atoms with Gasteiger partial charge in [0.25, 0.3) is 0 Å². The van der Waals surface area contributed by atoms with E-state index in [1.165, 1.54) is 6.07 Å². The monoisotopic (exact) mass is 239 g/mol. The second-order valence-corrected chi connectivity index (χ2v) is 3.21. The molecule has 0 saturated heterocycles. The molecular formula is C9H12F3NO3. The minimum atomic E-state index is -4.62. The minimum Gasteiger partial charge on any atom is -0.462 e. The zero-order valence-electron chi connectivity index (χ0n) is 8.29. The number of alkyl halides is 3. The van der Waals surface area contributed by atoms with Crippen LogP contribution in [0, 0.1) is 0 Å². The highest BCUT2D eigenvalue weighted by Crippen LogP contribution is 2.19. The number of aliphatic hydroxyl groups excluding tert-OH is 2. The highest BCUT2D eigenvalue weighted by Gasteiger charge is 2.37. The molecule has 0 aliphatic rings. The molecule has 0 fully saturated rings. The van der Waals surface area contributed by atoms with E-state index in [1.54, 1.807) is 6.07 Å². The maximum absolute atomic E-state index is 11.9. The molecule has 92 valence electrons. The van der Waals surface area contributed by atoms with Crippen molar-refractivity contribution in [3.8, 4) is 0 Å². The van der Waals surface area contributed by atoms with E-state index >= 15 is 0 Å². The predicted octanol–water partition coefficient (Wildman–Crippen LogP) is 0.785. The summed E-state index contributed by atoms with van der Waals surface area (Å²) in [5.41, 5.74) is 0. The number of halogens is 3. The number of nitrogens with one attached hydrogen (secondary N) is 1. The Kier molecular flexibility index (Phi) is 4.34. The first-order valence-corrected chi connectivity index (χ1v) is 4.57. The van der Waals surface area contributed by atoms with E-state index in [-0.39, 0.29) is 13.2 Å². The second-order valence-electron chi connectivity index (χ2n) is 3.21. The van der Waals surface area contributed by atoms with Gasteiger partial charge in [-0.3, -0.25) is 0 Å². The fraction of sp³-hybridized carbons (Fsp3) is 0.556. The number of hydrogen-bond acceptors (Lipinski definition) is 4.